The van der Waals surface area contributed by atoms with Crippen molar-refractivity contribution in [3.05, 3.63) is 48.3 Å². The second-order valence-corrected chi connectivity index (χ2v) is 4.97. The van der Waals surface area contributed by atoms with Gasteiger partial charge in [0.05, 0.1) is 17.9 Å². The standard InChI is InChI=1S/C15H17N3O/c19-15(12-6-2-1-3-7-12)17-13-10-16-18(11-13)14-8-4-5-9-14/h1-3,6-7,10-11,14H,4-5,8-9H2,(H,17,19). The van der Waals surface area contributed by atoms with E-state index in [2.05, 4.69) is 10.4 Å². The van der Waals surface area contributed by atoms with E-state index in [0.29, 0.717) is 11.6 Å². The van der Waals surface area contributed by atoms with Crippen LogP contribution in [0.1, 0.15) is 42.1 Å². The van der Waals surface area contributed by atoms with E-state index in [1.54, 1.807) is 18.3 Å². The van der Waals surface area contributed by atoms with E-state index >= 15 is 0 Å². The minimum absolute atomic E-state index is 0.0911. The molecule has 2 aromatic rings. The molecule has 0 bridgehead atoms. The van der Waals surface area contributed by atoms with E-state index in [4.69, 9.17) is 0 Å². The van der Waals surface area contributed by atoms with Gasteiger partial charge in [-0.25, -0.2) is 0 Å². The summed E-state index contributed by atoms with van der Waals surface area (Å²) in [4.78, 5) is 12.0. The van der Waals surface area contributed by atoms with Crippen LogP contribution in [0.15, 0.2) is 42.7 Å². The summed E-state index contributed by atoms with van der Waals surface area (Å²) in [6.45, 7) is 0. The molecule has 1 heterocycles. The highest BCUT2D eigenvalue weighted by Gasteiger charge is 2.17. The first-order chi connectivity index (χ1) is 9.33. The number of anilines is 1. The van der Waals surface area contributed by atoms with E-state index < -0.39 is 0 Å². The fraction of sp³-hybridized carbons (Fsp3) is 0.333. The first-order valence-electron chi connectivity index (χ1n) is 6.73. The molecule has 1 aliphatic rings. The molecule has 19 heavy (non-hydrogen) atoms. The highest BCUT2D eigenvalue weighted by Crippen LogP contribution is 2.29. The van der Waals surface area contributed by atoms with Crippen LogP contribution in [-0.2, 0) is 0 Å². The van der Waals surface area contributed by atoms with E-state index in [0.717, 1.165) is 5.69 Å². The Hall–Kier alpha value is -2.10. The van der Waals surface area contributed by atoms with Crippen LogP contribution >= 0.6 is 0 Å². The number of hydrogen-bond acceptors (Lipinski definition) is 2. The van der Waals surface area contributed by atoms with Gasteiger partial charge in [0.25, 0.3) is 5.91 Å². The second-order valence-electron chi connectivity index (χ2n) is 4.97. The van der Waals surface area contributed by atoms with Gasteiger partial charge in [0.1, 0.15) is 0 Å². The average molecular weight is 255 g/mol. The molecule has 1 aliphatic carbocycles. The third kappa shape index (κ3) is 2.67. The monoisotopic (exact) mass is 255 g/mol. The lowest BCUT2D eigenvalue weighted by Gasteiger charge is -2.08. The van der Waals surface area contributed by atoms with Gasteiger partial charge < -0.3 is 5.32 Å². The molecule has 4 heteroatoms. The van der Waals surface area contributed by atoms with Crippen LogP contribution in [0, 0.1) is 0 Å². The Balaban J connectivity index is 1.68. The minimum Gasteiger partial charge on any atom is -0.319 e. The fourth-order valence-corrected chi connectivity index (χ4v) is 2.56. The molecule has 1 aromatic carbocycles. The van der Waals surface area contributed by atoms with Crippen molar-refractivity contribution < 1.29 is 4.79 Å². The maximum absolute atomic E-state index is 12.0. The molecule has 0 saturated heterocycles. The summed E-state index contributed by atoms with van der Waals surface area (Å²) in [6, 6.07) is 9.72. The molecule has 0 spiro atoms. The van der Waals surface area contributed by atoms with Crippen molar-refractivity contribution in [3.8, 4) is 0 Å². The predicted molar refractivity (Wildman–Crippen MR) is 74.1 cm³/mol. The van der Waals surface area contributed by atoms with Crippen LogP contribution in [0.5, 0.6) is 0 Å². The van der Waals surface area contributed by atoms with Gasteiger partial charge in [-0.3, -0.25) is 9.48 Å². The molecule has 1 amide bonds. The van der Waals surface area contributed by atoms with Gasteiger partial charge in [-0.1, -0.05) is 31.0 Å². The van der Waals surface area contributed by atoms with Crippen molar-refractivity contribution in [1.82, 2.24) is 9.78 Å². The lowest BCUT2D eigenvalue weighted by molar-refractivity contribution is 0.102. The number of carbonyl (C=O) groups is 1. The molecular weight excluding hydrogens is 238 g/mol. The second kappa shape index (κ2) is 5.26. The molecule has 0 unspecified atom stereocenters. The van der Waals surface area contributed by atoms with E-state index in [9.17, 15) is 4.79 Å². The molecule has 1 fully saturated rings. The van der Waals surface area contributed by atoms with Gasteiger partial charge in [-0.15, -0.1) is 0 Å². The highest BCUT2D eigenvalue weighted by molar-refractivity contribution is 6.04. The zero-order valence-electron chi connectivity index (χ0n) is 10.7. The summed E-state index contributed by atoms with van der Waals surface area (Å²) in [5.74, 6) is -0.0911. The van der Waals surface area contributed by atoms with Gasteiger partial charge >= 0.3 is 0 Å². The van der Waals surface area contributed by atoms with Crippen LogP contribution in [0.3, 0.4) is 0 Å². The number of rotatable bonds is 3. The summed E-state index contributed by atoms with van der Waals surface area (Å²) in [7, 11) is 0. The predicted octanol–water partition coefficient (Wildman–Crippen LogP) is 3.25. The maximum atomic E-state index is 12.0. The van der Waals surface area contributed by atoms with Crippen molar-refractivity contribution in [2.45, 2.75) is 31.7 Å². The van der Waals surface area contributed by atoms with E-state index in [1.165, 1.54) is 25.7 Å². The molecular formula is C15H17N3O. The zero-order valence-corrected chi connectivity index (χ0v) is 10.7. The molecule has 1 aromatic heterocycles. The number of nitrogens with one attached hydrogen (secondary N) is 1. The number of hydrogen-bond donors (Lipinski definition) is 1. The summed E-state index contributed by atoms with van der Waals surface area (Å²) >= 11 is 0. The van der Waals surface area contributed by atoms with Crippen LogP contribution < -0.4 is 5.32 Å². The number of nitrogens with zero attached hydrogens (tertiary/aromatic N) is 2. The van der Waals surface area contributed by atoms with Crippen molar-refractivity contribution >= 4 is 11.6 Å². The van der Waals surface area contributed by atoms with Gasteiger partial charge in [0.15, 0.2) is 0 Å². The van der Waals surface area contributed by atoms with Gasteiger partial charge in [0.2, 0.25) is 0 Å². The molecule has 1 saturated carbocycles. The normalized spacial score (nSPS) is 15.6. The van der Waals surface area contributed by atoms with E-state index in [-0.39, 0.29) is 5.91 Å². The summed E-state index contributed by atoms with van der Waals surface area (Å²) in [6.07, 6.45) is 8.57. The van der Waals surface area contributed by atoms with Crippen molar-refractivity contribution in [2.75, 3.05) is 5.32 Å². The Morgan fingerprint density at radius 2 is 1.95 bits per heavy atom. The molecule has 4 nitrogen and oxygen atoms in total. The molecule has 1 N–H and O–H groups in total. The third-order valence-electron chi connectivity index (χ3n) is 3.59. The van der Waals surface area contributed by atoms with Crippen molar-refractivity contribution in [3.63, 3.8) is 0 Å². The number of benzene rings is 1. The Morgan fingerprint density at radius 1 is 1.21 bits per heavy atom. The largest absolute Gasteiger partial charge is 0.319 e. The quantitative estimate of drug-likeness (QED) is 0.915. The van der Waals surface area contributed by atoms with Crippen LogP contribution in [0.2, 0.25) is 0 Å². The number of aromatic nitrogens is 2. The maximum Gasteiger partial charge on any atom is 0.255 e. The number of amides is 1. The lowest BCUT2D eigenvalue weighted by atomic mass is 10.2. The van der Waals surface area contributed by atoms with Crippen molar-refractivity contribution in [1.29, 1.82) is 0 Å². The van der Waals surface area contributed by atoms with Crippen LogP contribution in [0.25, 0.3) is 0 Å². The molecule has 0 radical (unpaired) electrons. The summed E-state index contributed by atoms with van der Waals surface area (Å²) in [5, 5.41) is 7.23. The lowest BCUT2D eigenvalue weighted by Crippen LogP contribution is -2.11. The van der Waals surface area contributed by atoms with Crippen LogP contribution in [0.4, 0.5) is 5.69 Å². The topological polar surface area (TPSA) is 46.9 Å². The van der Waals surface area contributed by atoms with Crippen molar-refractivity contribution in [2.24, 2.45) is 0 Å². The molecule has 98 valence electrons. The first kappa shape index (κ1) is 12.0. The Kier molecular flexibility index (Phi) is 3.31. The number of carbonyl (C=O) groups excluding carboxylic acids is 1. The minimum atomic E-state index is -0.0911. The molecule has 0 atom stereocenters. The van der Waals surface area contributed by atoms with Gasteiger partial charge in [0, 0.05) is 11.8 Å². The Labute approximate surface area is 112 Å². The fourth-order valence-electron chi connectivity index (χ4n) is 2.56. The highest BCUT2D eigenvalue weighted by atomic mass is 16.1. The zero-order chi connectivity index (χ0) is 13.1. The van der Waals surface area contributed by atoms with Crippen LogP contribution in [-0.4, -0.2) is 15.7 Å². The van der Waals surface area contributed by atoms with Gasteiger partial charge in [-0.2, -0.15) is 5.10 Å². The van der Waals surface area contributed by atoms with Gasteiger partial charge in [-0.05, 0) is 25.0 Å². The Bertz CT molecular complexity index is 556. The average Bonchev–Trinajstić information content (AvgIpc) is 3.10. The summed E-state index contributed by atoms with van der Waals surface area (Å²) in [5.41, 5.74) is 1.43. The Morgan fingerprint density at radius 3 is 2.68 bits per heavy atom. The summed E-state index contributed by atoms with van der Waals surface area (Å²) < 4.78 is 1.98. The SMILES string of the molecule is O=C(Nc1cnn(C2CCCC2)c1)c1ccccc1. The molecule has 0 aliphatic heterocycles. The smallest absolute Gasteiger partial charge is 0.255 e. The third-order valence-corrected chi connectivity index (χ3v) is 3.59. The first-order valence-corrected chi connectivity index (χ1v) is 6.73. The van der Waals surface area contributed by atoms with E-state index in [1.807, 2.05) is 29.1 Å². The molecule has 3 rings (SSSR count).